The molecule has 0 aliphatic rings. The molecule has 1 aromatic rings. The lowest BCUT2D eigenvalue weighted by Crippen LogP contribution is -2.34. The standard InChI is InChI=1S/C16H24N2O3/c1-3-5-13-6-8-14(9-7-13)17-15(19)12-18(4-2)11-10-16(20)21/h6-9H,3-5,10-12H2,1-2H3,(H,17,19)(H,20,21). The summed E-state index contributed by atoms with van der Waals surface area (Å²) in [7, 11) is 0. The summed E-state index contributed by atoms with van der Waals surface area (Å²) in [5.41, 5.74) is 2.03. The largest absolute Gasteiger partial charge is 0.481 e. The van der Waals surface area contributed by atoms with Gasteiger partial charge in [0.1, 0.15) is 0 Å². The first-order chi connectivity index (χ1) is 10.0. The smallest absolute Gasteiger partial charge is 0.304 e. The number of carboxylic acid groups (broad SMARTS) is 1. The normalized spacial score (nSPS) is 10.6. The lowest BCUT2D eigenvalue weighted by atomic mass is 10.1. The van der Waals surface area contributed by atoms with Gasteiger partial charge in [0.25, 0.3) is 0 Å². The maximum atomic E-state index is 11.9. The van der Waals surface area contributed by atoms with Crippen molar-refractivity contribution in [2.45, 2.75) is 33.1 Å². The molecule has 0 bridgehead atoms. The van der Waals surface area contributed by atoms with Crippen LogP contribution in [0, 0.1) is 0 Å². The van der Waals surface area contributed by atoms with Crippen LogP contribution in [-0.4, -0.2) is 41.5 Å². The Labute approximate surface area is 126 Å². The van der Waals surface area contributed by atoms with E-state index in [9.17, 15) is 9.59 Å². The van der Waals surface area contributed by atoms with E-state index < -0.39 is 5.97 Å². The van der Waals surface area contributed by atoms with Gasteiger partial charge < -0.3 is 10.4 Å². The minimum atomic E-state index is -0.847. The van der Waals surface area contributed by atoms with Crippen LogP contribution in [0.4, 0.5) is 5.69 Å². The van der Waals surface area contributed by atoms with Gasteiger partial charge >= 0.3 is 5.97 Å². The number of anilines is 1. The topological polar surface area (TPSA) is 69.6 Å². The Morgan fingerprint density at radius 2 is 1.86 bits per heavy atom. The fourth-order valence-electron chi connectivity index (χ4n) is 2.05. The molecule has 2 N–H and O–H groups in total. The lowest BCUT2D eigenvalue weighted by Gasteiger charge is -2.18. The Hall–Kier alpha value is -1.88. The summed E-state index contributed by atoms with van der Waals surface area (Å²) in [6.45, 7) is 5.28. The highest BCUT2D eigenvalue weighted by molar-refractivity contribution is 5.92. The first-order valence-corrected chi connectivity index (χ1v) is 7.38. The van der Waals surface area contributed by atoms with Crippen molar-refractivity contribution in [3.8, 4) is 0 Å². The number of hydrogen-bond acceptors (Lipinski definition) is 3. The average Bonchev–Trinajstić information content (AvgIpc) is 2.45. The predicted molar refractivity (Wildman–Crippen MR) is 83.4 cm³/mol. The van der Waals surface area contributed by atoms with Crippen molar-refractivity contribution in [2.75, 3.05) is 25.0 Å². The summed E-state index contributed by atoms with van der Waals surface area (Å²) in [4.78, 5) is 24.3. The first kappa shape index (κ1) is 17.2. The number of carboxylic acids is 1. The number of nitrogens with one attached hydrogen (secondary N) is 1. The molecule has 0 atom stereocenters. The summed E-state index contributed by atoms with van der Waals surface area (Å²) in [6, 6.07) is 7.83. The zero-order valence-corrected chi connectivity index (χ0v) is 12.8. The molecule has 0 aromatic heterocycles. The number of aliphatic carboxylic acids is 1. The van der Waals surface area contributed by atoms with Gasteiger partial charge in [-0.3, -0.25) is 14.5 Å². The van der Waals surface area contributed by atoms with Gasteiger partial charge in [0.15, 0.2) is 0 Å². The van der Waals surface area contributed by atoms with Crippen LogP contribution in [0.5, 0.6) is 0 Å². The molecule has 0 saturated carbocycles. The highest BCUT2D eigenvalue weighted by Crippen LogP contribution is 2.11. The molecule has 1 aromatic carbocycles. The molecular weight excluding hydrogens is 268 g/mol. The molecule has 1 amide bonds. The van der Waals surface area contributed by atoms with Gasteiger partial charge in [-0.1, -0.05) is 32.4 Å². The molecule has 0 aliphatic carbocycles. The number of carbonyl (C=O) groups is 2. The van der Waals surface area contributed by atoms with Crippen molar-refractivity contribution in [1.82, 2.24) is 4.90 Å². The van der Waals surface area contributed by atoms with Gasteiger partial charge in [0.05, 0.1) is 13.0 Å². The molecule has 0 aliphatic heterocycles. The lowest BCUT2D eigenvalue weighted by molar-refractivity contribution is -0.137. The van der Waals surface area contributed by atoms with Crippen LogP contribution in [0.2, 0.25) is 0 Å². The summed E-state index contributed by atoms with van der Waals surface area (Å²) in [5, 5.41) is 11.5. The number of benzene rings is 1. The number of amides is 1. The number of likely N-dealkylation sites (N-methyl/N-ethyl adjacent to an activating group) is 1. The third-order valence-electron chi connectivity index (χ3n) is 3.23. The average molecular weight is 292 g/mol. The van der Waals surface area contributed by atoms with E-state index in [0.29, 0.717) is 13.1 Å². The second kappa shape index (κ2) is 9.13. The van der Waals surface area contributed by atoms with E-state index in [4.69, 9.17) is 5.11 Å². The van der Waals surface area contributed by atoms with E-state index in [1.807, 2.05) is 36.1 Å². The number of aryl methyl sites for hydroxylation is 1. The number of hydrogen-bond donors (Lipinski definition) is 2. The molecule has 5 nitrogen and oxygen atoms in total. The third kappa shape index (κ3) is 6.90. The second-order valence-corrected chi connectivity index (χ2v) is 5.01. The molecule has 0 spiro atoms. The minimum Gasteiger partial charge on any atom is -0.481 e. The summed E-state index contributed by atoms with van der Waals surface area (Å²) < 4.78 is 0. The van der Waals surface area contributed by atoms with Crippen LogP contribution in [0.3, 0.4) is 0 Å². The van der Waals surface area contributed by atoms with Gasteiger partial charge in [-0.15, -0.1) is 0 Å². The van der Waals surface area contributed by atoms with E-state index in [1.54, 1.807) is 0 Å². The Morgan fingerprint density at radius 1 is 1.19 bits per heavy atom. The molecule has 21 heavy (non-hydrogen) atoms. The monoisotopic (exact) mass is 292 g/mol. The quantitative estimate of drug-likeness (QED) is 0.733. The van der Waals surface area contributed by atoms with Crippen LogP contribution < -0.4 is 5.32 Å². The van der Waals surface area contributed by atoms with Crippen molar-refractivity contribution in [2.24, 2.45) is 0 Å². The number of carbonyl (C=O) groups excluding carboxylic acids is 1. The van der Waals surface area contributed by atoms with E-state index in [0.717, 1.165) is 18.5 Å². The molecule has 116 valence electrons. The molecule has 0 radical (unpaired) electrons. The van der Waals surface area contributed by atoms with E-state index >= 15 is 0 Å². The zero-order valence-electron chi connectivity index (χ0n) is 12.8. The Morgan fingerprint density at radius 3 is 2.38 bits per heavy atom. The van der Waals surface area contributed by atoms with E-state index in [1.165, 1.54) is 5.56 Å². The van der Waals surface area contributed by atoms with Crippen molar-refractivity contribution in [3.63, 3.8) is 0 Å². The van der Waals surface area contributed by atoms with E-state index in [2.05, 4.69) is 12.2 Å². The van der Waals surface area contributed by atoms with Crippen molar-refractivity contribution in [1.29, 1.82) is 0 Å². The van der Waals surface area contributed by atoms with Gasteiger partial charge in [-0.2, -0.15) is 0 Å². The molecule has 5 heteroatoms. The zero-order chi connectivity index (χ0) is 15.7. The maximum Gasteiger partial charge on any atom is 0.304 e. The van der Waals surface area contributed by atoms with Crippen LogP contribution in [0.1, 0.15) is 32.3 Å². The molecule has 0 unspecified atom stereocenters. The SMILES string of the molecule is CCCc1ccc(NC(=O)CN(CC)CCC(=O)O)cc1. The Balaban J connectivity index is 2.45. The summed E-state index contributed by atoms with van der Waals surface area (Å²) in [5.74, 6) is -0.967. The van der Waals surface area contributed by atoms with E-state index in [-0.39, 0.29) is 18.9 Å². The fraction of sp³-hybridized carbons (Fsp3) is 0.500. The van der Waals surface area contributed by atoms with Gasteiger partial charge in [-0.05, 0) is 30.7 Å². The molecule has 0 fully saturated rings. The van der Waals surface area contributed by atoms with Crippen LogP contribution in [0.15, 0.2) is 24.3 Å². The highest BCUT2D eigenvalue weighted by Gasteiger charge is 2.10. The van der Waals surface area contributed by atoms with Crippen LogP contribution in [0.25, 0.3) is 0 Å². The molecule has 0 heterocycles. The molecule has 1 rings (SSSR count). The highest BCUT2D eigenvalue weighted by atomic mass is 16.4. The third-order valence-corrected chi connectivity index (χ3v) is 3.23. The minimum absolute atomic E-state index is 0.0484. The summed E-state index contributed by atoms with van der Waals surface area (Å²) >= 11 is 0. The van der Waals surface area contributed by atoms with Crippen LogP contribution in [-0.2, 0) is 16.0 Å². The second-order valence-electron chi connectivity index (χ2n) is 5.01. The first-order valence-electron chi connectivity index (χ1n) is 7.38. The van der Waals surface area contributed by atoms with Crippen molar-refractivity contribution in [3.05, 3.63) is 29.8 Å². The predicted octanol–water partition coefficient (Wildman–Crippen LogP) is 2.37. The Kier molecular flexibility index (Phi) is 7.46. The fourth-order valence-corrected chi connectivity index (χ4v) is 2.05. The molecular formula is C16H24N2O3. The van der Waals surface area contributed by atoms with Gasteiger partial charge in [-0.25, -0.2) is 0 Å². The summed E-state index contributed by atoms with van der Waals surface area (Å²) in [6.07, 6.45) is 2.18. The number of rotatable bonds is 9. The number of nitrogens with zero attached hydrogens (tertiary/aromatic N) is 1. The van der Waals surface area contributed by atoms with Gasteiger partial charge in [0, 0.05) is 12.2 Å². The van der Waals surface area contributed by atoms with Crippen molar-refractivity contribution < 1.29 is 14.7 Å². The van der Waals surface area contributed by atoms with Gasteiger partial charge in [0.2, 0.25) is 5.91 Å². The Bertz CT molecular complexity index is 457. The molecule has 0 saturated heterocycles. The maximum absolute atomic E-state index is 11.9. The van der Waals surface area contributed by atoms with Crippen LogP contribution >= 0.6 is 0 Å². The van der Waals surface area contributed by atoms with Crippen molar-refractivity contribution >= 4 is 17.6 Å².